The predicted octanol–water partition coefficient (Wildman–Crippen LogP) is 3.20. The lowest BCUT2D eigenvalue weighted by molar-refractivity contribution is 0.286. The van der Waals surface area contributed by atoms with Crippen molar-refractivity contribution in [2.24, 2.45) is 0 Å². The van der Waals surface area contributed by atoms with Gasteiger partial charge in [0.2, 0.25) is 0 Å². The molecule has 3 heteroatoms. The van der Waals surface area contributed by atoms with Crippen LogP contribution in [0.15, 0.2) is 18.2 Å². The van der Waals surface area contributed by atoms with Gasteiger partial charge in [0.1, 0.15) is 5.75 Å². The van der Waals surface area contributed by atoms with E-state index in [1.807, 2.05) is 0 Å². The van der Waals surface area contributed by atoms with Crippen molar-refractivity contribution in [3.05, 3.63) is 23.8 Å². The second-order valence-corrected chi connectivity index (χ2v) is 6.03. The van der Waals surface area contributed by atoms with Gasteiger partial charge < -0.3 is 15.4 Å². The number of nitrogens with one attached hydrogen (secondary N) is 2. The van der Waals surface area contributed by atoms with Gasteiger partial charge in [-0.1, -0.05) is 13.0 Å². The Morgan fingerprint density at radius 2 is 2.21 bits per heavy atom. The number of hydrogen-bond donors (Lipinski definition) is 2. The van der Waals surface area contributed by atoms with Crippen LogP contribution in [0.5, 0.6) is 5.75 Å². The Morgan fingerprint density at radius 3 is 2.84 bits per heavy atom. The lowest BCUT2D eigenvalue weighted by atomic mass is 9.89. The van der Waals surface area contributed by atoms with Crippen molar-refractivity contribution in [1.82, 2.24) is 5.32 Å². The lowest BCUT2D eigenvalue weighted by Crippen LogP contribution is -2.50. The molecule has 1 aromatic rings. The van der Waals surface area contributed by atoms with Gasteiger partial charge in [-0.05, 0) is 57.4 Å². The van der Waals surface area contributed by atoms with Crippen LogP contribution in [0.25, 0.3) is 0 Å². The second-order valence-electron chi connectivity index (χ2n) is 6.03. The molecular weight excluding hydrogens is 236 g/mol. The Bertz CT molecular complexity index is 429. The number of benzene rings is 1. The monoisotopic (exact) mass is 262 g/mol. The van der Waals surface area contributed by atoms with Crippen molar-refractivity contribution in [2.45, 2.75) is 51.6 Å². The fraction of sp³-hybridized carbons (Fsp3) is 0.625. The zero-order valence-electron chi connectivity index (χ0n) is 12.5. The highest BCUT2D eigenvalue weighted by Gasteiger charge is 2.27. The average molecular weight is 262 g/mol. The molecule has 1 atom stereocenters. The van der Waals surface area contributed by atoms with Crippen LogP contribution < -0.4 is 15.4 Å². The van der Waals surface area contributed by atoms with Gasteiger partial charge >= 0.3 is 0 Å². The van der Waals surface area contributed by atoms with E-state index in [1.165, 1.54) is 5.56 Å². The number of rotatable bonds is 4. The SMILES string of the molecule is CCc1ccc(OC)c(NC2CCNC(C)(C)C2)c1. The minimum absolute atomic E-state index is 0.214. The molecule has 0 aromatic heterocycles. The zero-order chi connectivity index (χ0) is 13.9. The summed E-state index contributed by atoms with van der Waals surface area (Å²) >= 11 is 0. The van der Waals surface area contributed by atoms with Crippen LogP contribution >= 0.6 is 0 Å². The number of anilines is 1. The lowest BCUT2D eigenvalue weighted by Gasteiger charge is -2.37. The highest BCUT2D eigenvalue weighted by molar-refractivity contribution is 5.58. The van der Waals surface area contributed by atoms with Gasteiger partial charge in [0.05, 0.1) is 12.8 Å². The molecule has 0 saturated carbocycles. The van der Waals surface area contributed by atoms with Crippen molar-refractivity contribution >= 4 is 5.69 Å². The zero-order valence-corrected chi connectivity index (χ0v) is 12.5. The van der Waals surface area contributed by atoms with Gasteiger partial charge in [0, 0.05) is 11.6 Å². The van der Waals surface area contributed by atoms with Crippen molar-refractivity contribution < 1.29 is 4.74 Å². The van der Waals surface area contributed by atoms with Gasteiger partial charge in [-0.2, -0.15) is 0 Å². The minimum Gasteiger partial charge on any atom is -0.495 e. The molecule has 1 fully saturated rings. The van der Waals surface area contributed by atoms with Crippen LogP contribution in [-0.4, -0.2) is 25.2 Å². The summed E-state index contributed by atoms with van der Waals surface area (Å²) in [6.07, 6.45) is 3.34. The standard InChI is InChI=1S/C16H26N2O/c1-5-12-6-7-15(19-4)14(10-12)18-13-8-9-17-16(2,3)11-13/h6-7,10,13,17-18H,5,8-9,11H2,1-4H3. The van der Waals surface area contributed by atoms with E-state index in [9.17, 15) is 0 Å². The molecule has 106 valence electrons. The second kappa shape index (κ2) is 5.83. The topological polar surface area (TPSA) is 33.3 Å². The first-order valence-electron chi connectivity index (χ1n) is 7.22. The van der Waals surface area contributed by atoms with Crippen LogP contribution in [-0.2, 0) is 6.42 Å². The summed E-state index contributed by atoms with van der Waals surface area (Å²) in [7, 11) is 1.73. The average Bonchev–Trinajstić information content (AvgIpc) is 2.37. The maximum absolute atomic E-state index is 5.46. The third-order valence-corrected chi connectivity index (χ3v) is 3.88. The third kappa shape index (κ3) is 3.63. The first-order valence-corrected chi connectivity index (χ1v) is 7.22. The van der Waals surface area contributed by atoms with Crippen LogP contribution in [0.3, 0.4) is 0 Å². The number of hydrogen-bond acceptors (Lipinski definition) is 3. The molecule has 1 heterocycles. The van der Waals surface area contributed by atoms with E-state index in [4.69, 9.17) is 4.74 Å². The summed E-state index contributed by atoms with van der Waals surface area (Å²) in [5.74, 6) is 0.938. The van der Waals surface area contributed by atoms with Gasteiger partial charge in [0.25, 0.3) is 0 Å². The summed E-state index contributed by atoms with van der Waals surface area (Å²) in [6, 6.07) is 6.93. The molecule has 1 saturated heterocycles. The fourth-order valence-corrected chi connectivity index (χ4v) is 2.81. The van der Waals surface area contributed by atoms with Crippen molar-refractivity contribution in [2.75, 3.05) is 19.0 Å². The summed E-state index contributed by atoms with van der Waals surface area (Å²) < 4.78 is 5.46. The van der Waals surface area contributed by atoms with E-state index >= 15 is 0 Å². The Labute approximate surface area is 116 Å². The largest absolute Gasteiger partial charge is 0.495 e. The molecule has 0 aliphatic carbocycles. The number of aryl methyl sites for hydroxylation is 1. The van der Waals surface area contributed by atoms with Crippen molar-refractivity contribution in [3.63, 3.8) is 0 Å². The molecule has 0 amide bonds. The van der Waals surface area contributed by atoms with Gasteiger partial charge in [0.15, 0.2) is 0 Å². The van der Waals surface area contributed by atoms with E-state index in [0.29, 0.717) is 6.04 Å². The Balaban J connectivity index is 2.13. The summed E-state index contributed by atoms with van der Waals surface area (Å²) in [5, 5.41) is 7.22. The van der Waals surface area contributed by atoms with Crippen LogP contribution in [0.4, 0.5) is 5.69 Å². The number of piperidine rings is 1. The predicted molar refractivity (Wildman–Crippen MR) is 81.1 cm³/mol. The van der Waals surface area contributed by atoms with E-state index in [-0.39, 0.29) is 5.54 Å². The molecular formula is C16H26N2O. The first-order chi connectivity index (χ1) is 9.04. The maximum atomic E-state index is 5.46. The van der Waals surface area contributed by atoms with Crippen LogP contribution in [0.1, 0.15) is 39.2 Å². The fourth-order valence-electron chi connectivity index (χ4n) is 2.81. The molecule has 19 heavy (non-hydrogen) atoms. The van der Waals surface area contributed by atoms with E-state index < -0.39 is 0 Å². The van der Waals surface area contributed by atoms with Crippen LogP contribution in [0.2, 0.25) is 0 Å². The third-order valence-electron chi connectivity index (χ3n) is 3.88. The Morgan fingerprint density at radius 1 is 1.42 bits per heavy atom. The summed E-state index contributed by atoms with van der Waals surface area (Å²) in [4.78, 5) is 0. The normalized spacial score (nSPS) is 22.0. The van der Waals surface area contributed by atoms with E-state index in [2.05, 4.69) is 49.6 Å². The quantitative estimate of drug-likeness (QED) is 0.874. The molecule has 1 aromatic carbocycles. The first kappa shape index (κ1) is 14.2. The molecule has 0 spiro atoms. The highest BCUT2D eigenvalue weighted by Crippen LogP contribution is 2.29. The molecule has 2 N–H and O–H groups in total. The Kier molecular flexibility index (Phi) is 4.35. The minimum atomic E-state index is 0.214. The Hall–Kier alpha value is -1.22. The molecule has 1 aliphatic rings. The van der Waals surface area contributed by atoms with E-state index in [0.717, 1.165) is 37.2 Å². The van der Waals surface area contributed by atoms with Crippen molar-refractivity contribution in [3.8, 4) is 5.75 Å². The molecule has 1 unspecified atom stereocenters. The highest BCUT2D eigenvalue weighted by atomic mass is 16.5. The van der Waals surface area contributed by atoms with Gasteiger partial charge in [-0.25, -0.2) is 0 Å². The number of methoxy groups -OCH3 is 1. The van der Waals surface area contributed by atoms with Gasteiger partial charge in [-0.15, -0.1) is 0 Å². The van der Waals surface area contributed by atoms with E-state index in [1.54, 1.807) is 7.11 Å². The molecule has 1 aliphatic heterocycles. The van der Waals surface area contributed by atoms with Crippen molar-refractivity contribution in [1.29, 1.82) is 0 Å². The van der Waals surface area contributed by atoms with Gasteiger partial charge in [-0.3, -0.25) is 0 Å². The maximum Gasteiger partial charge on any atom is 0.141 e. The summed E-state index contributed by atoms with van der Waals surface area (Å²) in [6.45, 7) is 7.78. The number of ether oxygens (including phenoxy) is 1. The molecule has 2 rings (SSSR count). The smallest absolute Gasteiger partial charge is 0.141 e. The summed E-state index contributed by atoms with van der Waals surface area (Å²) in [5.41, 5.74) is 2.69. The molecule has 0 bridgehead atoms. The molecule has 0 radical (unpaired) electrons. The molecule has 3 nitrogen and oxygen atoms in total. The van der Waals surface area contributed by atoms with Crippen LogP contribution in [0, 0.1) is 0 Å².